The summed E-state index contributed by atoms with van der Waals surface area (Å²) in [6.07, 6.45) is 2.18. The predicted octanol–water partition coefficient (Wildman–Crippen LogP) is 2.49. The molecule has 0 bridgehead atoms. The Morgan fingerprint density at radius 2 is 2.10 bits per heavy atom. The molecule has 0 spiro atoms. The number of likely N-dealkylation sites (tertiary alicyclic amines) is 1. The maximum Gasteiger partial charge on any atom is 0.332 e. The Hall–Kier alpha value is -1.47. The number of nitrogens with one attached hydrogen (secondary N) is 1. The van der Waals surface area contributed by atoms with Gasteiger partial charge >= 0.3 is 5.69 Å². The van der Waals surface area contributed by atoms with Gasteiger partial charge in [-0.25, -0.2) is 4.98 Å². The average Bonchev–Trinajstić information content (AvgIpc) is 2.44. The molecule has 0 saturated carbocycles. The lowest BCUT2D eigenvalue weighted by Gasteiger charge is -2.31. The smallest absolute Gasteiger partial charge is 0.332 e. The summed E-state index contributed by atoms with van der Waals surface area (Å²) in [7, 11) is 0. The summed E-state index contributed by atoms with van der Waals surface area (Å²) >= 11 is 5.79. The minimum absolute atomic E-state index is 0.0291. The largest absolute Gasteiger partial charge is 0.364 e. The predicted molar refractivity (Wildman–Crippen MR) is 81.8 cm³/mol. The van der Waals surface area contributed by atoms with Crippen molar-refractivity contribution in [1.82, 2.24) is 14.9 Å². The zero-order valence-corrected chi connectivity index (χ0v) is 13.1. The normalized spacial score (nSPS) is 16.9. The van der Waals surface area contributed by atoms with Gasteiger partial charge in [-0.15, -0.1) is 0 Å². The number of aromatic nitrogens is 2. The van der Waals surface area contributed by atoms with Gasteiger partial charge in [-0.3, -0.25) is 10.1 Å². The topological polar surface area (TPSA) is 84.2 Å². The number of nitrogens with zero attached hydrogens (tertiary/aromatic N) is 4. The van der Waals surface area contributed by atoms with Gasteiger partial charge in [0, 0.05) is 6.54 Å². The number of nitro groups is 1. The molecule has 1 N–H and O–H groups in total. The molecule has 2 rings (SSSR count). The third kappa shape index (κ3) is 4.01. The molecule has 0 aromatic carbocycles. The molecular weight excluding hydrogens is 294 g/mol. The quantitative estimate of drug-likeness (QED) is 0.511. The van der Waals surface area contributed by atoms with Crippen LogP contribution in [0.5, 0.6) is 0 Å². The summed E-state index contributed by atoms with van der Waals surface area (Å²) in [5, 5.41) is 14.2. The molecule has 1 aromatic heterocycles. The molecule has 0 aliphatic carbocycles. The van der Waals surface area contributed by atoms with Crippen molar-refractivity contribution < 1.29 is 4.92 Å². The Morgan fingerprint density at radius 1 is 1.43 bits per heavy atom. The van der Waals surface area contributed by atoms with E-state index >= 15 is 0 Å². The first kappa shape index (κ1) is 15.9. The second kappa shape index (κ2) is 7.00. The summed E-state index contributed by atoms with van der Waals surface area (Å²) < 4.78 is 0. The van der Waals surface area contributed by atoms with Crippen LogP contribution in [0.15, 0.2) is 0 Å². The van der Waals surface area contributed by atoms with Crippen LogP contribution in [-0.4, -0.2) is 46.0 Å². The van der Waals surface area contributed by atoms with Gasteiger partial charge in [0.1, 0.15) is 5.69 Å². The van der Waals surface area contributed by atoms with Crippen LogP contribution >= 0.6 is 11.6 Å². The lowest BCUT2D eigenvalue weighted by molar-refractivity contribution is -0.385. The third-order valence-corrected chi connectivity index (χ3v) is 4.10. The highest BCUT2D eigenvalue weighted by atomic mass is 35.5. The SMILES string of the molecule is CCN1CCC(CNc2nc(Cl)nc(C)c2[N+](=O)[O-])CC1. The molecule has 0 atom stereocenters. The Balaban J connectivity index is 2.02. The molecule has 7 nitrogen and oxygen atoms in total. The summed E-state index contributed by atoms with van der Waals surface area (Å²) in [5.41, 5.74) is 0.189. The van der Waals surface area contributed by atoms with E-state index in [9.17, 15) is 10.1 Å². The highest BCUT2D eigenvalue weighted by Gasteiger charge is 2.23. The highest BCUT2D eigenvalue weighted by Crippen LogP contribution is 2.27. The molecule has 1 aliphatic heterocycles. The fourth-order valence-corrected chi connectivity index (χ4v) is 2.83. The van der Waals surface area contributed by atoms with Crippen molar-refractivity contribution in [3.05, 3.63) is 21.1 Å². The average molecular weight is 314 g/mol. The Labute approximate surface area is 128 Å². The van der Waals surface area contributed by atoms with Crippen LogP contribution in [0.1, 0.15) is 25.5 Å². The molecular formula is C13H20ClN5O2. The molecule has 0 radical (unpaired) electrons. The van der Waals surface area contributed by atoms with Gasteiger partial charge in [-0.2, -0.15) is 4.98 Å². The van der Waals surface area contributed by atoms with Crippen LogP contribution in [0.2, 0.25) is 5.28 Å². The van der Waals surface area contributed by atoms with E-state index in [1.807, 2.05) is 0 Å². The van der Waals surface area contributed by atoms with Gasteiger partial charge in [0.2, 0.25) is 11.1 Å². The minimum atomic E-state index is -0.465. The van der Waals surface area contributed by atoms with Gasteiger partial charge in [0.25, 0.3) is 0 Å². The fourth-order valence-electron chi connectivity index (χ4n) is 2.62. The first-order valence-corrected chi connectivity index (χ1v) is 7.53. The Bertz CT molecular complexity index is 518. The Kier molecular flexibility index (Phi) is 5.30. The molecule has 0 unspecified atom stereocenters. The second-order valence-corrected chi connectivity index (χ2v) is 5.63. The van der Waals surface area contributed by atoms with Crippen LogP contribution in [-0.2, 0) is 0 Å². The standard InChI is InChI=1S/C13H20ClN5O2/c1-3-18-6-4-10(5-7-18)8-15-12-11(19(20)21)9(2)16-13(14)17-12/h10H,3-8H2,1-2H3,(H,15,16,17). The second-order valence-electron chi connectivity index (χ2n) is 5.29. The van der Waals surface area contributed by atoms with Crippen LogP contribution in [0.3, 0.4) is 0 Å². The van der Waals surface area contributed by atoms with Crippen LogP contribution in [0.25, 0.3) is 0 Å². The zero-order chi connectivity index (χ0) is 15.4. The molecule has 1 saturated heterocycles. The van der Waals surface area contributed by atoms with Gasteiger partial charge < -0.3 is 10.2 Å². The van der Waals surface area contributed by atoms with Crippen LogP contribution < -0.4 is 5.32 Å². The Morgan fingerprint density at radius 3 is 2.67 bits per heavy atom. The molecule has 8 heteroatoms. The number of anilines is 1. The van der Waals surface area contributed by atoms with E-state index in [2.05, 4.69) is 27.1 Å². The van der Waals surface area contributed by atoms with Gasteiger partial charge in [-0.1, -0.05) is 6.92 Å². The van der Waals surface area contributed by atoms with E-state index < -0.39 is 4.92 Å². The summed E-state index contributed by atoms with van der Waals surface area (Å²) in [6, 6.07) is 0. The molecule has 2 heterocycles. The number of halogens is 1. The monoisotopic (exact) mass is 313 g/mol. The number of hydrogen-bond acceptors (Lipinski definition) is 6. The highest BCUT2D eigenvalue weighted by molar-refractivity contribution is 6.28. The van der Waals surface area contributed by atoms with Crippen molar-refractivity contribution in [2.75, 3.05) is 31.5 Å². The third-order valence-electron chi connectivity index (χ3n) is 3.93. The van der Waals surface area contributed by atoms with Gasteiger partial charge in [0.05, 0.1) is 4.92 Å². The lowest BCUT2D eigenvalue weighted by Crippen LogP contribution is -2.35. The molecule has 1 aromatic rings. The summed E-state index contributed by atoms with van der Waals surface area (Å²) in [6.45, 7) is 7.63. The first-order chi connectivity index (χ1) is 10.0. The van der Waals surface area contributed by atoms with E-state index in [0.29, 0.717) is 12.5 Å². The van der Waals surface area contributed by atoms with Gasteiger partial charge in [0.15, 0.2) is 0 Å². The van der Waals surface area contributed by atoms with Crippen molar-refractivity contribution in [2.45, 2.75) is 26.7 Å². The number of aryl methyl sites for hydroxylation is 1. The summed E-state index contributed by atoms with van der Waals surface area (Å²) in [4.78, 5) is 20.9. The van der Waals surface area contributed by atoms with Crippen molar-refractivity contribution in [3.8, 4) is 0 Å². The van der Waals surface area contributed by atoms with E-state index in [4.69, 9.17) is 11.6 Å². The maximum absolute atomic E-state index is 11.1. The molecule has 1 fully saturated rings. The van der Waals surface area contributed by atoms with Crippen LogP contribution in [0, 0.1) is 23.0 Å². The van der Waals surface area contributed by atoms with Crippen LogP contribution in [0.4, 0.5) is 11.5 Å². The molecule has 0 amide bonds. The number of hydrogen-bond donors (Lipinski definition) is 1. The van der Waals surface area contributed by atoms with Crippen molar-refractivity contribution in [1.29, 1.82) is 0 Å². The lowest BCUT2D eigenvalue weighted by atomic mass is 9.97. The van der Waals surface area contributed by atoms with Crippen molar-refractivity contribution >= 4 is 23.1 Å². The van der Waals surface area contributed by atoms with Gasteiger partial charge in [-0.05, 0) is 56.9 Å². The maximum atomic E-state index is 11.1. The molecule has 21 heavy (non-hydrogen) atoms. The van der Waals surface area contributed by atoms with E-state index in [1.165, 1.54) is 0 Å². The van der Waals surface area contributed by atoms with Crippen molar-refractivity contribution in [3.63, 3.8) is 0 Å². The number of rotatable bonds is 5. The van der Waals surface area contributed by atoms with E-state index in [1.54, 1.807) is 6.92 Å². The van der Waals surface area contributed by atoms with E-state index in [-0.39, 0.29) is 22.5 Å². The summed E-state index contributed by atoms with van der Waals surface area (Å²) in [5.74, 6) is 0.719. The zero-order valence-electron chi connectivity index (χ0n) is 12.3. The molecule has 1 aliphatic rings. The van der Waals surface area contributed by atoms with E-state index in [0.717, 1.165) is 32.5 Å². The number of piperidine rings is 1. The minimum Gasteiger partial charge on any atom is -0.364 e. The molecule has 116 valence electrons. The fraction of sp³-hybridized carbons (Fsp3) is 0.692. The van der Waals surface area contributed by atoms with Crippen molar-refractivity contribution in [2.24, 2.45) is 5.92 Å². The first-order valence-electron chi connectivity index (χ1n) is 7.16.